The number of halogens is 5. The lowest BCUT2D eigenvalue weighted by Crippen LogP contribution is -2.22. The van der Waals surface area contributed by atoms with Crippen LogP contribution in [0.15, 0.2) is 18.3 Å². The largest absolute Gasteiger partial charge is 0.433 e. The first-order valence-electron chi connectivity index (χ1n) is 11.9. The molecule has 0 atom stereocenters. The molecule has 5 rings (SSSR count). The molecular formula is C24H22F5N7O2S. The second-order valence-corrected chi connectivity index (χ2v) is 10.1. The molecule has 0 unspecified atom stereocenters. The minimum absolute atomic E-state index is 0.0342. The summed E-state index contributed by atoms with van der Waals surface area (Å²) in [6, 6.07) is 2.09. The zero-order valence-electron chi connectivity index (χ0n) is 20.6. The number of nitrogens with one attached hydrogen (secondary N) is 1. The summed E-state index contributed by atoms with van der Waals surface area (Å²) in [6.45, 7) is 3.32. The average molecular weight is 568 g/mol. The first kappa shape index (κ1) is 26.7. The van der Waals surface area contributed by atoms with Crippen molar-refractivity contribution in [2.24, 2.45) is 5.73 Å². The van der Waals surface area contributed by atoms with Crippen molar-refractivity contribution in [3.8, 4) is 11.1 Å². The summed E-state index contributed by atoms with van der Waals surface area (Å²) in [6.07, 6.45) is -4.66. The van der Waals surface area contributed by atoms with Gasteiger partial charge in [-0.1, -0.05) is 0 Å². The quantitative estimate of drug-likeness (QED) is 0.282. The molecule has 0 bridgehead atoms. The normalized spacial score (nSPS) is 13.9. The first-order valence-corrected chi connectivity index (χ1v) is 12.7. The van der Waals surface area contributed by atoms with E-state index >= 15 is 0 Å². The van der Waals surface area contributed by atoms with Gasteiger partial charge in [0.25, 0.3) is 12.3 Å². The van der Waals surface area contributed by atoms with E-state index < -0.39 is 42.3 Å². The molecule has 1 saturated carbocycles. The maximum absolute atomic E-state index is 13.8. The van der Waals surface area contributed by atoms with E-state index in [1.54, 1.807) is 11.6 Å². The molecule has 4 aromatic rings. The van der Waals surface area contributed by atoms with E-state index in [0.717, 1.165) is 23.6 Å². The Kier molecular flexibility index (Phi) is 6.64. The summed E-state index contributed by atoms with van der Waals surface area (Å²) < 4.78 is 71.0. The van der Waals surface area contributed by atoms with Crippen molar-refractivity contribution in [2.45, 2.75) is 58.3 Å². The number of hydrogen-bond donors (Lipinski definition) is 2. The number of anilines is 1. The van der Waals surface area contributed by atoms with Crippen molar-refractivity contribution in [3.05, 3.63) is 46.0 Å². The van der Waals surface area contributed by atoms with Gasteiger partial charge in [0.15, 0.2) is 0 Å². The van der Waals surface area contributed by atoms with Crippen LogP contribution < -0.4 is 11.1 Å². The fraction of sp³-hybridized carbons (Fsp3) is 0.375. The summed E-state index contributed by atoms with van der Waals surface area (Å²) in [4.78, 5) is 28.7. The number of hydrogen-bond acceptors (Lipinski definition) is 6. The molecule has 0 aliphatic heterocycles. The molecule has 0 radical (unpaired) electrons. The van der Waals surface area contributed by atoms with Crippen molar-refractivity contribution in [1.29, 1.82) is 0 Å². The number of nitrogens with two attached hydrogens (primary N) is 1. The minimum Gasteiger partial charge on any atom is -0.365 e. The van der Waals surface area contributed by atoms with Crippen molar-refractivity contribution in [2.75, 3.05) is 5.32 Å². The Morgan fingerprint density at radius 3 is 2.49 bits per heavy atom. The number of carbonyl (C=O) groups is 2. The molecule has 1 aliphatic carbocycles. The molecule has 1 aliphatic rings. The van der Waals surface area contributed by atoms with Crippen LogP contribution in [0.4, 0.5) is 27.6 Å². The summed E-state index contributed by atoms with van der Waals surface area (Å²) in [5.41, 5.74) is 5.12. The monoisotopic (exact) mass is 567 g/mol. The lowest BCUT2D eigenvalue weighted by molar-refractivity contribution is -0.140. The van der Waals surface area contributed by atoms with Crippen LogP contribution in [-0.2, 0) is 24.1 Å². The van der Waals surface area contributed by atoms with E-state index in [-0.39, 0.29) is 32.3 Å². The molecule has 15 heteroatoms. The average Bonchev–Trinajstić information content (AvgIpc) is 3.36. The Bertz CT molecular complexity index is 1600. The van der Waals surface area contributed by atoms with Crippen LogP contribution in [0.25, 0.3) is 21.3 Å². The van der Waals surface area contributed by atoms with Gasteiger partial charge >= 0.3 is 6.18 Å². The van der Waals surface area contributed by atoms with Gasteiger partial charge in [0.05, 0.1) is 17.6 Å². The molecule has 0 aromatic carbocycles. The number of primary amides is 1. The van der Waals surface area contributed by atoms with Crippen LogP contribution in [0, 0.1) is 6.92 Å². The smallest absolute Gasteiger partial charge is 0.365 e. The number of rotatable bonds is 8. The van der Waals surface area contributed by atoms with Crippen molar-refractivity contribution in [3.63, 3.8) is 0 Å². The number of amides is 2. The Hall–Kier alpha value is -3.88. The Labute approximate surface area is 221 Å². The molecule has 206 valence electrons. The third-order valence-electron chi connectivity index (χ3n) is 6.48. The van der Waals surface area contributed by atoms with E-state index in [9.17, 15) is 31.5 Å². The van der Waals surface area contributed by atoms with Gasteiger partial charge in [0, 0.05) is 29.1 Å². The summed E-state index contributed by atoms with van der Waals surface area (Å²) in [7, 11) is 0. The molecule has 0 saturated heterocycles. The Morgan fingerprint density at radius 1 is 1.21 bits per heavy atom. The number of thiophene rings is 1. The molecule has 1 fully saturated rings. The number of fused-ring (bicyclic) bond motifs is 1. The molecule has 2 amide bonds. The van der Waals surface area contributed by atoms with E-state index in [4.69, 9.17) is 5.73 Å². The predicted molar refractivity (Wildman–Crippen MR) is 133 cm³/mol. The van der Waals surface area contributed by atoms with Crippen LogP contribution in [0.3, 0.4) is 0 Å². The summed E-state index contributed by atoms with van der Waals surface area (Å²) in [5, 5.41) is 10.9. The van der Waals surface area contributed by atoms with Crippen LogP contribution in [0.2, 0.25) is 0 Å². The third kappa shape index (κ3) is 4.97. The molecule has 4 heterocycles. The summed E-state index contributed by atoms with van der Waals surface area (Å²) >= 11 is 0.592. The zero-order valence-corrected chi connectivity index (χ0v) is 21.5. The van der Waals surface area contributed by atoms with Crippen LogP contribution in [0.1, 0.15) is 64.6 Å². The maximum atomic E-state index is 13.8. The number of carbonyl (C=O) groups excluding carboxylic acids is 2. The number of pyridine rings is 1. The topological polar surface area (TPSA) is 121 Å². The second kappa shape index (κ2) is 9.70. The number of aromatic nitrogens is 5. The lowest BCUT2D eigenvalue weighted by Gasteiger charge is -2.13. The van der Waals surface area contributed by atoms with E-state index in [0.29, 0.717) is 34.8 Å². The van der Waals surface area contributed by atoms with E-state index in [1.807, 2.05) is 6.92 Å². The molecule has 3 N–H and O–H groups in total. The van der Waals surface area contributed by atoms with Gasteiger partial charge in [0.2, 0.25) is 5.91 Å². The van der Waals surface area contributed by atoms with Crippen LogP contribution in [0.5, 0.6) is 0 Å². The number of alkyl halides is 5. The predicted octanol–water partition coefficient (Wildman–Crippen LogP) is 5.26. The Morgan fingerprint density at radius 2 is 1.92 bits per heavy atom. The molecule has 9 nitrogen and oxygen atoms in total. The number of aryl methyl sites for hydroxylation is 1. The van der Waals surface area contributed by atoms with Crippen LogP contribution in [-0.4, -0.2) is 36.4 Å². The minimum atomic E-state index is -4.80. The van der Waals surface area contributed by atoms with E-state index in [2.05, 4.69) is 20.5 Å². The zero-order chi connectivity index (χ0) is 28.2. The van der Waals surface area contributed by atoms with Gasteiger partial charge in [-0.25, -0.2) is 13.8 Å². The fourth-order valence-electron chi connectivity index (χ4n) is 4.43. The maximum Gasteiger partial charge on any atom is 0.433 e. The fourth-order valence-corrected chi connectivity index (χ4v) is 5.43. The highest BCUT2D eigenvalue weighted by molar-refractivity contribution is 7.21. The highest BCUT2D eigenvalue weighted by Crippen LogP contribution is 2.44. The molecule has 39 heavy (non-hydrogen) atoms. The molecular weight excluding hydrogens is 545 g/mol. The van der Waals surface area contributed by atoms with Crippen LogP contribution >= 0.6 is 11.3 Å². The Balaban J connectivity index is 1.63. The van der Waals surface area contributed by atoms with Crippen molar-refractivity contribution in [1.82, 2.24) is 24.5 Å². The second-order valence-electron chi connectivity index (χ2n) is 9.14. The first-order chi connectivity index (χ1) is 18.4. The SMILES string of the molecule is CCn1ncc(-c2cc(C(F)(F)F)nc3sc(C(N)=O)c(NC(=O)Cn4nc(C5CC5)cc4C(F)F)c23)c1C. The summed E-state index contributed by atoms with van der Waals surface area (Å²) in [5.74, 6) is -1.76. The third-order valence-corrected chi connectivity index (χ3v) is 7.57. The lowest BCUT2D eigenvalue weighted by atomic mass is 10.0. The van der Waals surface area contributed by atoms with Gasteiger partial charge < -0.3 is 11.1 Å². The highest BCUT2D eigenvalue weighted by atomic mass is 32.1. The van der Waals surface area contributed by atoms with Crippen molar-refractivity contribution >= 4 is 39.1 Å². The van der Waals surface area contributed by atoms with Crippen molar-refractivity contribution < 1.29 is 31.5 Å². The van der Waals surface area contributed by atoms with Gasteiger partial charge in [0.1, 0.15) is 27.6 Å². The standard InChI is InChI=1S/C24H22F5N7O2S/c1-3-35-10(2)13(8-31-35)12-6-16(24(27,28)29)32-23-18(12)19(20(39-23)22(30)38)33-17(37)9-36-15(21(25)26)7-14(34-36)11-4-5-11/h6-8,11,21H,3-5,9H2,1-2H3,(H2,30,38)(H,33,37). The van der Waals surface area contributed by atoms with Gasteiger partial charge in [-0.2, -0.15) is 23.4 Å². The van der Waals surface area contributed by atoms with Gasteiger partial charge in [-0.15, -0.1) is 11.3 Å². The highest BCUT2D eigenvalue weighted by Gasteiger charge is 2.36. The van der Waals surface area contributed by atoms with E-state index in [1.165, 1.54) is 12.3 Å². The van der Waals surface area contributed by atoms with Gasteiger partial charge in [-0.05, 0) is 44.4 Å². The molecule has 4 aromatic heterocycles. The number of nitrogens with zero attached hydrogens (tertiary/aromatic N) is 5. The van der Waals surface area contributed by atoms with Gasteiger partial charge in [-0.3, -0.25) is 19.0 Å². The molecule has 0 spiro atoms.